The van der Waals surface area contributed by atoms with Crippen LogP contribution in [0.3, 0.4) is 0 Å². The number of aliphatic hydroxyl groups is 1. The number of carbonyl (C=O) groups is 1. The molecule has 1 amide bonds. The Morgan fingerprint density at radius 3 is 2.65 bits per heavy atom. The van der Waals surface area contributed by atoms with Crippen molar-refractivity contribution in [2.45, 2.75) is 26.0 Å². The molecule has 0 saturated carbocycles. The quantitative estimate of drug-likeness (QED) is 0.582. The second-order valence-corrected chi connectivity index (χ2v) is 6.75. The minimum absolute atomic E-state index is 0.0503. The Hall–Kier alpha value is -2.51. The summed E-state index contributed by atoms with van der Waals surface area (Å²) in [6.07, 6.45) is -0.562. The van der Waals surface area contributed by atoms with E-state index in [9.17, 15) is 15.0 Å². The predicted molar refractivity (Wildman–Crippen MR) is 103 cm³/mol. The fourth-order valence-corrected chi connectivity index (χ4v) is 3.14. The van der Waals surface area contributed by atoms with Gasteiger partial charge in [-0.2, -0.15) is 0 Å². The zero-order chi connectivity index (χ0) is 18.7. The van der Waals surface area contributed by atoms with Crippen LogP contribution in [0.1, 0.15) is 25.0 Å². The van der Waals surface area contributed by atoms with Crippen LogP contribution in [0.4, 0.5) is 5.69 Å². The number of aliphatic hydroxyl groups excluding tert-OH is 1. The number of hydrogen-bond donors (Lipinski definition) is 2. The van der Waals surface area contributed by atoms with Crippen molar-refractivity contribution >= 4 is 38.4 Å². The summed E-state index contributed by atoms with van der Waals surface area (Å²) in [5.41, 5.74) is 1.46. The highest BCUT2D eigenvalue weighted by Gasteiger charge is 2.19. The molecule has 0 aliphatic rings. The summed E-state index contributed by atoms with van der Waals surface area (Å²) in [6.45, 7) is 2.62. The minimum atomic E-state index is -1.39. The molecular formula is C19H18BrN3O3. The summed E-state index contributed by atoms with van der Waals surface area (Å²) < 4.78 is 2.56. The van der Waals surface area contributed by atoms with E-state index in [2.05, 4.69) is 26.2 Å². The monoisotopic (exact) mass is 415 g/mol. The summed E-state index contributed by atoms with van der Waals surface area (Å²) >= 11 is 3.40. The Kier molecular flexibility index (Phi) is 5.49. The molecule has 26 heavy (non-hydrogen) atoms. The number of carbonyl (C=O) groups excluding carboxylic acids is 1. The molecule has 0 radical (unpaired) electrons. The number of aryl methyl sites for hydroxylation is 1. The second kappa shape index (κ2) is 7.80. The van der Waals surface area contributed by atoms with Gasteiger partial charge in [-0.1, -0.05) is 53.2 Å². The lowest BCUT2D eigenvalue weighted by Crippen LogP contribution is -2.08. The van der Waals surface area contributed by atoms with E-state index in [1.165, 1.54) is 0 Å². The van der Waals surface area contributed by atoms with Gasteiger partial charge in [-0.25, -0.2) is 0 Å². The van der Waals surface area contributed by atoms with Crippen molar-refractivity contribution in [2.75, 3.05) is 0 Å². The number of aromatic nitrogens is 1. The molecule has 0 bridgehead atoms. The Labute approximate surface area is 158 Å². The van der Waals surface area contributed by atoms with Gasteiger partial charge in [0.1, 0.15) is 0 Å². The molecule has 0 fully saturated rings. The highest BCUT2D eigenvalue weighted by Crippen LogP contribution is 2.40. The Morgan fingerprint density at radius 2 is 1.96 bits per heavy atom. The van der Waals surface area contributed by atoms with Gasteiger partial charge in [-0.3, -0.25) is 4.79 Å². The number of rotatable bonds is 5. The normalized spacial score (nSPS) is 12.7. The molecule has 0 aliphatic heterocycles. The summed E-state index contributed by atoms with van der Waals surface area (Å²) in [7, 11) is 0. The van der Waals surface area contributed by atoms with Crippen molar-refractivity contribution in [1.29, 1.82) is 0 Å². The van der Waals surface area contributed by atoms with Crippen LogP contribution >= 0.6 is 15.9 Å². The standard InChI is InChI=1S/C19H18BrN3O3/c1-2-10-23-15-9-8-13(20)11-14(15)16(19(23)26)21-22-18(25)17(24)12-6-4-3-5-7-12/h3-9,11,17,24,26H,2,10H2,1H3. The van der Waals surface area contributed by atoms with E-state index in [4.69, 9.17) is 0 Å². The maximum Gasteiger partial charge on any atom is 0.297 e. The maximum absolute atomic E-state index is 12.2. The van der Waals surface area contributed by atoms with Crippen molar-refractivity contribution in [3.8, 4) is 5.88 Å². The molecule has 2 N–H and O–H groups in total. The first-order valence-electron chi connectivity index (χ1n) is 8.22. The first-order valence-corrected chi connectivity index (χ1v) is 9.01. The van der Waals surface area contributed by atoms with E-state index in [0.717, 1.165) is 16.4 Å². The van der Waals surface area contributed by atoms with Crippen molar-refractivity contribution in [1.82, 2.24) is 4.57 Å². The molecule has 1 heterocycles. The molecule has 134 valence electrons. The van der Waals surface area contributed by atoms with Crippen molar-refractivity contribution < 1.29 is 15.0 Å². The molecule has 7 heteroatoms. The number of benzene rings is 2. The van der Waals surface area contributed by atoms with Gasteiger partial charge in [0.25, 0.3) is 5.91 Å². The zero-order valence-corrected chi connectivity index (χ0v) is 15.7. The summed E-state index contributed by atoms with van der Waals surface area (Å²) in [6, 6.07) is 14.1. The minimum Gasteiger partial charge on any atom is -0.493 e. The van der Waals surface area contributed by atoms with E-state index in [1.807, 2.05) is 25.1 Å². The van der Waals surface area contributed by atoms with Gasteiger partial charge in [0.2, 0.25) is 5.88 Å². The van der Waals surface area contributed by atoms with Crippen LogP contribution in [0.2, 0.25) is 0 Å². The van der Waals surface area contributed by atoms with Gasteiger partial charge in [0.05, 0.1) is 5.52 Å². The molecule has 3 rings (SSSR count). The average molecular weight is 416 g/mol. The first kappa shape index (κ1) is 18.3. The Balaban J connectivity index is 1.97. The first-order chi connectivity index (χ1) is 12.5. The molecule has 6 nitrogen and oxygen atoms in total. The third kappa shape index (κ3) is 3.54. The number of amides is 1. The third-order valence-corrected chi connectivity index (χ3v) is 4.51. The van der Waals surface area contributed by atoms with E-state index in [0.29, 0.717) is 17.5 Å². The molecule has 2 aromatic carbocycles. The summed E-state index contributed by atoms with van der Waals surface area (Å²) in [5.74, 6) is -0.840. The lowest BCUT2D eigenvalue weighted by atomic mass is 10.1. The fourth-order valence-electron chi connectivity index (χ4n) is 2.78. The Bertz CT molecular complexity index is 967. The average Bonchev–Trinajstić information content (AvgIpc) is 2.91. The van der Waals surface area contributed by atoms with E-state index >= 15 is 0 Å². The van der Waals surface area contributed by atoms with Gasteiger partial charge >= 0.3 is 0 Å². The molecule has 0 saturated heterocycles. The predicted octanol–water partition coefficient (Wildman–Crippen LogP) is 4.86. The van der Waals surface area contributed by atoms with Crippen LogP contribution in [-0.4, -0.2) is 20.7 Å². The number of azo groups is 1. The smallest absolute Gasteiger partial charge is 0.297 e. The van der Waals surface area contributed by atoms with Crippen molar-refractivity contribution in [3.63, 3.8) is 0 Å². The van der Waals surface area contributed by atoms with E-state index in [1.54, 1.807) is 34.9 Å². The van der Waals surface area contributed by atoms with Crippen LogP contribution in [0.15, 0.2) is 63.2 Å². The number of halogens is 1. The second-order valence-electron chi connectivity index (χ2n) is 5.84. The van der Waals surface area contributed by atoms with Crippen LogP contribution in [0, 0.1) is 0 Å². The van der Waals surface area contributed by atoms with Crippen LogP contribution in [0.25, 0.3) is 10.9 Å². The molecule has 0 spiro atoms. The van der Waals surface area contributed by atoms with Gasteiger partial charge in [-0.15, -0.1) is 10.2 Å². The molecule has 1 aromatic heterocycles. The van der Waals surface area contributed by atoms with Crippen molar-refractivity contribution in [3.05, 3.63) is 58.6 Å². The SMILES string of the molecule is CCCn1c(O)c(N=NC(=O)C(O)c2ccccc2)c2cc(Br)ccc21. The van der Waals surface area contributed by atoms with E-state index < -0.39 is 12.0 Å². The lowest BCUT2D eigenvalue weighted by molar-refractivity contribution is -0.126. The largest absolute Gasteiger partial charge is 0.493 e. The van der Waals surface area contributed by atoms with E-state index in [-0.39, 0.29) is 11.6 Å². The number of fused-ring (bicyclic) bond motifs is 1. The van der Waals surface area contributed by atoms with Crippen LogP contribution in [0.5, 0.6) is 5.88 Å². The van der Waals surface area contributed by atoms with Crippen LogP contribution < -0.4 is 0 Å². The molecule has 1 unspecified atom stereocenters. The Morgan fingerprint density at radius 1 is 1.23 bits per heavy atom. The topological polar surface area (TPSA) is 87.2 Å². The summed E-state index contributed by atoms with van der Waals surface area (Å²) in [5, 5.41) is 28.9. The molecule has 3 aromatic rings. The van der Waals surface area contributed by atoms with Gasteiger partial charge < -0.3 is 14.8 Å². The third-order valence-electron chi connectivity index (χ3n) is 4.02. The highest BCUT2D eigenvalue weighted by molar-refractivity contribution is 9.10. The molecule has 1 atom stereocenters. The zero-order valence-electron chi connectivity index (χ0n) is 14.1. The van der Waals surface area contributed by atoms with Crippen molar-refractivity contribution in [2.24, 2.45) is 10.2 Å². The lowest BCUT2D eigenvalue weighted by Gasteiger charge is -2.05. The van der Waals surface area contributed by atoms with Gasteiger partial charge in [0, 0.05) is 16.4 Å². The van der Waals surface area contributed by atoms with Gasteiger partial charge in [-0.05, 0) is 30.2 Å². The number of hydrogen-bond acceptors (Lipinski definition) is 4. The number of nitrogens with zero attached hydrogens (tertiary/aromatic N) is 3. The number of aromatic hydroxyl groups is 1. The highest BCUT2D eigenvalue weighted by atomic mass is 79.9. The summed E-state index contributed by atoms with van der Waals surface area (Å²) in [4.78, 5) is 12.2. The molecular weight excluding hydrogens is 398 g/mol. The fraction of sp³-hybridized carbons (Fsp3) is 0.211. The maximum atomic E-state index is 12.2. The van der Waals surface area contributed by atoms with Crippen LogP contribution in [-0.2, 0) is 11.3 Å². The molecule has 0 aliphatic carbocycles. The van der Waals surface area contributed by atoms with Gasteiger partial charge in [0.15, 0.2) is 11.8 Å².